The molecule has 0 spiro atoms. The van der Waals surface area contributed by atoms with Gasteiger partial charge in [0.05, 0.1) is 37.1 Å². The largest absolute Gasteiger partial charge is 0.472 e. The van der Waals surface area contributed by atoms with Gasteiger partial charge in [0.2, 0.25) is 0 Å². The molecule has 5 aliphatic rings. The van der Waals surface area contributed by atoms with Gasteiger partial charge in [-0.05, 0) is 49.5 Å². The summed E-state index contributed by atoms with van der Waals surface area (Å²) < 4.78 is 23.4. The van der Waals surface area contributed by atoms with E-state index < -0.39 is 46.2 Å². The first kappa shape index (κ1) is 22.8. The lowest BCUT2D eigenvalue weighted by molar-refractivity contribution is -0.198. The summed E-state index contributed by atoms with van der Waals surface area (Å²) in [7, 11) is 1.38. The van der Waals surface area contributed by atoms with Crippen LogP contribution in [0, 0.1) is 34.0 Å². The first-order valence-electron chi connectivity index (χ1n) is 12.4. The van der Waals surface area contributed by atoms with E-state index in [9.17, 15) is 14.4 Å². The fourth-order valence-corrected chi connectivity index (χ4v) is 9.01. The van der Waals surface area contributed by atoms with Crippen LogP contribution in [0.4, 0.5) is 0 Å². The zero-order valence-electron chi connectivity index (χ0n) is 21.0. The average Bonchev–Trinajstić information content (AvgIpc) is 3.56. The Morgan fingerprint density at radius 1 is 1.20 bits per heavy atom. The van der Waals surface area contributed by atoms with E-state index in [4.69, 9.17) is 18.6 Å². The number of fused-ring (bicyclic) bond motifs is 4. The van der Waals surface area contributed by atoms with Crippen LogP contribution < -0.4 is 0 Å². The normalized spacial score (nSPS) is 46.2. The van der Waals surface area contributed by atoms with Crippen LogP contribution >= 0.6 is 0 Å². The summed E-state index contributed by atoms with van der Waals surface area (Å²) in [6.45, 7) is 9.84. The molecule has 3 fully saturated rings. The Morgan fingerprint density at radius 2 is 1.94 bits per heavy atom. The van der Waals surface area contributed by atoms with Crippen LogP contribution in [0.15, 0.2) is 46.3 Å². The molecule has 1 aromatic rings. The minimum atomic E-state index is -1.02. The zero-order valence-corrected chi connectivity index (χ0v) is 21.0. The van der Waals surface area contributed by atoms with Crippen molar-refractivity contribution in [2.24, 2.45) is 34.0 Å². The molecule has 3 heterocycles. The molecule has 0 radical (unpaired) electrons. The highest BCUT2D eigenvalue weighted by Gasteiger charge is 2.78. The van der Waals surface area contributed by atoms with E-state index in [1.807, 2.05) is 26.8 Å². The van der Waals surface area contributed by atoms with E-state index in [0.29, 0.717) is 0 Å². The summed E-state index contributed by atoms with van der Waals surface area (Å²) in [4.78, 5) is 40.2. The second-order valence-corrected chi connectivity index (χ2v) is 11.7. The first-order chi connectivity index (χ1) is 16.5. The molecular weight excluding hydrogens is 448 g/mol. The first-order valence-corrected chi connectivity index (χ1v) is 12.4. The predicted molar refractivity (Wildman–Crippen MR) is 124 cm³/mol. The summed E-state index contributed by atoms with van der Waals surface area (Å²) in [5, 5.41) is 0. The van der Waals surface area contributed by atoms with Gasteiger partial charge < -0.3 is 18.6 Å². The highest BCUT2D eigenvalue weighted by Crippen LogP contribution is 2.72. The number of rotatable bonds is 3. The Hall–Kier alpha value is -2.67. The van der Waals surface area contributed by atoms with Crippen molar-refractivity contribution in [3.63, 3.8) is 0 Å². The third-order valence-corrected chi connectivity index (χ3v) is 10.2. The van der Waals surface area contributed by atoms with E-state index in [2.05, 4.69) is 13.8 Å². The van der Waals surface area contributed by atoms with Crippen LogP contribution in [0.2, 0.25) is 0 Å². The number of furan rings is 1. The second-order valence-electron chi connectivity index (χ2n) is 11.7. The highest BCUT2D eigenvalue weighted by atomic mass is 16.6. The van der Waals surface area contributed by atoms with Crippen LogP contribution in [0.25, 0.3) is 0 Å². The number of ketones is 1. The topological polar surface area (TPSA) is 92.0 Å². The lowest BCUT2D eigenvalue weighted by atomic mass is 9.40. The number of carbonyl (C=O) groups is 3. The molecule has 2 unspecified atom stereocenters. The summed E-state index contributed by atoms with van der Waals surface area (Å²) in [5.41, 5.74) is 0.716. The van der Waals surface area contributed by atoms with Gasteiger partial charge in [0, 0.05) is 22.7 Å². The molecule has 0 N–H and O–H groups in total. The number of carbonyl (C=O) groups excluding carboxylic acids is 3. The van der Waals surface area contributed by atoms with Crippen molar-refractivity contribution in [3.8, 4) is 0 Å². The Labute approximate surface area is 204 Å². The molecular formula is C28H32O7. The highest BCUT2D eigenvalue weighted by molar-refractivity contribution is 6.00. The molecule has 2 aliphatic heterocycles. The second kappa shape index (κ2) is 6.96. The van der Waals surface area contributed by atoms with Crippen LogP contribution in [0.1, 0.15) is 52.5 Å². The van der Waals surface area contributed by atoms with Crippen molar-refractivity contribution in [2.45, 2.75) is 65.3 Å². The smallest absolute Gasteiger partial charge is 0.316 e. The quantitative estimate of drug-likeness (QED) is 0.477. The van der Waals surface area contributed by atoms with Crippen molar-refractivity contribution in [3.05, 3.63) is 47.5 Å². The van der Waals surface area contributed by atoms with E-state index in [1.54, 1.807) is 18.6 Å². The standard InChI is InChI=1S/C28H32O7/c1-13-16(15-8-10-33-12-15)11-17-19(13)28(5)21(14(2)24(30)32-6)27(4)18(29)7-9-26(3)22(27)20(23(28)34-17)35-25(26)31/h7-10,12,14,16-17,20-23H,11H2,1-6H3/t14?,16-,17-,20-,21-,22+,23?,26-,27-,28+/m1/s1. The van der Waals surface area contributed by atoms with E-state index in [1.165, 1.54) is 18.8 Å². The van der Waals surface area contributed by atoms with Crippen molar-refractivity contribution >= 4 is 17.7 Å². The maximum absolute atomic E-state index is 13.8. The van der Waals surface area contributed by atoms with Gasteiger partial charge in [-0.25, -0.2) is 0 Å². The fraction of sp³-hybridized carbons (Fsp3) is 0.607. The van der Waals surface area contributed by atoms with Gasteiger partial charge in [-0.15, -0.1) is 0 Å². The van der Waals surface area contributed by atoms with Gasteiger partial charge in [-0.2, -0.15) is 0 Å². The van der Waals surface area contributed by atoms with Gasteiger partial charge >= 0.3 is 11.9 Å². The molecule has 2 saturated heterocycles. The molecule has 7 heteroatoms. The minimum Gasteiger partial charge on any atom is -0.472 e. The van der Waals surface area contributed by atoms with Gasteiger partial charge in [-0.3, -0.25) is 14.4 Å². The number of hydrogen-bond acceptors (Lipinski definition) is 7. The van der Waals surface area contributed by atoms with E-state index >= 15 is 0 Å². The maximum Gasteiger partial charge on any atom is 0.316 e. The third-order valence-electron chi connectivity index (χ3n) is 10.2. The van der Waals surface area contributed by atoms with Crippen LogP contribution in [-0.2, 0) is 28.6 Å². The summed E-state index contributed by atoms with van der Waals surface area (Å²) in [5.74, 6) is -2.12. The molecule has 7 nitrogen and oxygen atoms in total. The van der Waals surface area contributed by atoms with Gasteiger partial charge in [-0.1, -0.05) is 32.4 Å². The number of allylic oxidation sites excluding steroid dienone is 2. The minimum absolute atomic E-state index is 0.0743. The van der Waals surface area contributed by atoms with E-state index in [0.717, 1.165) is 17.6 Å². The van der Waals surface area contributed by atoms with Crippen molar-refractivity contribution < 1.29 is 33.0 Å². The number of methoxy groups -OCH3 is 1. The van der Waals surface area contributed by atoms with Crippen molar-refractivity contribution in [1.29, 1.82) is 0 Å². The van der Waals surface area contributed by atoms with Gasteiger partial charge in [0.1, 0.15) is 12.2 Å². The summed E-state index contributed by atoms with van der Waals surface area (Å²) in [6, 6.07) is 1.97. The average molecular weight is 481 g/mol. The van der Waals surface area contributed by atoms with Gasteiger partial charge in [0.25, 0.3) is 0 Å². The van der Waals surface area contributed by atoms with Crippen molar-refractivity contribution in [1.82, 2.24) is 0 Å². The SMILES string of the molecule is COC(=O)C(C)[C@@H]1[C@@]2(C)C(=O)C=C[C@@]3(C)C(=O)O[C@@H](C4O[C@@H]5C[C@@H](c6ccoc6)C(C)=C5[C@]41C)[C@H]23. The van der Waals surface area contributed by atoms with E-state index in [-0.39, 0.29) is 29.7 Å². The molecule has 35 heavy (non-hydrogen) atoms. The Bertz CT molecular complexity index is 1190. The summed E-state index contributed by atoms with van der Waals surface area (Å²) >= 11 is 0. The fourth-order valence-electron chi connectivity index (χ4n) is 9.01. The maximum atomic E-state index is 13.8. The molecule has 1 saturated carbocycles. The summed E-state index contributed by atoms with van der Waals surface area (Å²) in [6.07, 6.45) is 6.20. The monoisotopic (exact) mass is 480 g/mol. The number of esters is 2. The molecule has 6 rings (SSSR count). The molecule has 10 atom stereocenters. The molecule has 0 bridgehead atoms. The Morgan fingerprint density at radius 3 is 2.60 bits per heavy atom. The third kappa shape index (κ3) is 2.48. The number of hydrogen-bond donors (Lipinski definition) is 0. The molecule has 1 aromatic heterocycles. The Kier molecular flexibility index (Phi) is 4.53. The predicted octanol–water partition coefficient (Wildman–Crippen LogP) is 3.99. The van der Waals surface area contributed by atoms with Crippen LogP contribution in [0.3, 0.4) is 0 Å². The lowest BCUT2D eigenvalue weighted by Crippen LogP contribution is -2.67. The molecule has 3 aliphatic carbocycles. The molecule has 186 valence electrons. The van der Waals surface area contributed by atoms with Crippen LogP contribution in [0.5, 0.6) is 0 Å². The number of ether oxygens (including phenoxy) is 3. The van der Waals surface area contributed by atoms with Crippen LogP contribution in [-0.4, -0.2) is 43.1 Å². The van der Waals surface area contributed by atoms with Crippen molar-refractivity contribution in [2.75, 3.05) is 7.11 Å². The zero-order chi connectivity index (χ0) is 25.1. The molecule has 0 aromatic carbocycles. The Balaban J connectivity index is 1.61. The molecule has 0 amide bonds. The van der Waals surface area contributed by atoms with Gasteiger partial charge in [0.15, 0.2) is 5.78 Å². The lowest BCUT2D eigenvalue weighted by Gasteiger charge is -2.60.